The third-order valence-electron chi connectivity index (χ3n) is 2.64. The Morgan fingerprint density at radius 3 is 2.78 bits per heavy atom. The molecule has 1 aromatic carbocycles. The zero-order valence-electron chi connectivity index (χ0n) is 10.4. The van der Waals surface area contributed by atoms with E-state index in [9.17, 15) is 0 Å². The number of nitrogens with two attached hydrogens (primary N) is 1. The highest BCUT2D eigenvalue weighted by Gasteiger charge is 2.03. The summed E-state index contributed by atoms with van der Waals surface area (Å²) in [5.74, 6) is 0. The second-order valence-electron chi connectivity index (χ2n) is 4.11. The zero-order chi connectivity index (χ0) is 13.1. The van der Waals surface area contributed by atoms with E-state index in [1.54, 1.807) is 11.3 Å². The standard InChI is InChI=1S/C13H15N3S2/c1-8-5-10(13(14)17)3-4-12(8)15-6-11-7-18-9(2)16-11/h3-5,7,15H,6H2,1-2H3,(H2,14,17). The number of thiocarbonyl (C=S) groups is 1. The second kappa shape index (κ2) is 5.46. The molecule has 2 aromatic rings. The van der Waals surface area contributed by atoms with Gasteiger partial charge in [0.05, 0.1) is 17.2 Å². The molecule has 1 heterocycles. The number of aromatic nitrogens is 1. The second-order valence-corrected chi connectivity index (χ2v) is 5.61. The quantitative estimate of drug-likeness (QED) is 0.844. The summed E-state index contributed by atoms with van der Waals surface area (Å²) >= 11 is 6.62. The van der Waals surface area contributed by atoms with Gasteiger partial charge in [0.15, 0.2) is 0 Å². The van der Waals surface area contributed by atoms with Crippen LogP contribution in [-0.2, 0) is 6.54 Å². The van der Waals surface area contributed by atoms with Gasteiger partial charge in [0.1, 0.15) is 4.99 Å². The number of rotatable bonds is 4. The molecule has 0 amide bonds. The van der Waals surface area contributed by atoms with E-state index in [0.29, 0.717) is 4.99 Å². The highest BCUT2D eigenvalue weighted by atomic mass is 32.1. The first kappa shape index (κ1) is 13.0. The molecule has 5 heteroatoms. The molecule has 0 bridgehead atoms. The molecule has 0 aliphatic rings. The summed E-state index contributed by atoms with van der Waals surface area (Å²) in [7, 11) is 0. The van der Waals surface area contributed by atoms with Crippen molar-refractivity contribution in [3.05, 3.63) is 45.4 Å². The minimum atomic E-state index is 0.430. The lowest BCUT2D eigenvalue weighted by Gasteiger charge is -2.09. The van der Waals surface area contributed by atoms with Crippen LogP contribution >= 0.6 is 23.6 Å². The first-order valence-corrected chi connectivity index (χ1v) is 6.90. The van der Waals surface area contributed by atoms with E-state index in [1.807, 2.05) is 32.0 Å². The van der Waals surface area contributed by atoms with Crippen molar-refractivity contribution in [2.75, 3.05) is 5.32 Å². The van der Waals surface area contributed by atoms with E-state index in [-0.39, 0.29) is 0 Å². The molecule has 0 saturated carbocycles. The monoisotopic (exact) mass is 277 g/mol. The van der Waals surface area contributed by atoms with E-state index in [2.05, 4.69) is 15.7 Å². The molecule has 0 spiro atoms. The summed E-state index contributed by atoms with van der Waals surface area (Å²) in [6.45, 7) is 4.78. The maximum atomic E-state index is 5.60. The molecule has 18 heavy (non-hydrogen) atoms. The summed E-state index contributed by atoms with van der Waals surface area (Å²) in [5, 5.41) is 6.53. The topological polar surface area (TPSA) is 50.9 Å². The van der Waals surface area contributed by atoms with Gasteiger partial charge in [0, 0.05) is 16.6 Å². The minimum absolute atomic E-state index is 0.430. The zero-order valence-corrected chi connectivity index (χ0v) is 12.0. The Hall–Kier alpha value is -1.46. The fraction of sp³-hybridized carbons (Fsp3) is 0.231. The summed E-state index contributed by atoms with van der Waals surface area (Å²) < 4.78 is 0. The van der Waals surface area contributed by atoms with Crippen LogP contribution in [0.25, 0.3) is 0 Å². The fourth-order valence-corrected chi connectivity index (χ4v) is 2.43. The lowest BCUT2D eigenvalue weighted by atomic mass is 10.1. The van der Waals surface area contributed by atoms with E-state index >= 15 is 0 Å². The van der Waals surface area contributed by atoms with Crippen molar-refractivity contribution < 1.29 is 0 Å². The molecule has 0 atom stereocenters. The van der Waals surface area contributed by atoms with Crippen molar-refractivity contribution in [3.8, 4) is 0 Å². The van der Waals surface area contributed by atoms with Gasteiger partial charge in [-0.05, 0) is 37.6 Å². The van der Waals surface area contributed by atoms with Gasteiger partial charge in [-0.1, -0.05) is 12.2 Å². The number of nitrogens with one attached hydrogen (secondary N) is 1. The van der Waals surface area contributed by atoms with E-state index in [0.717, 1.165) is 34.1 Å². The Balaban J connectivity index is 2.08. The predicted octanol–water partition coefficient (Wildman–Crippen LogP) is 3.01. The van der Waals surface area contributed by atoms with Gasteiger partial charge < -0.3 is 11.1 Å². The largest absolute Gasteiger partial charge is 0.389 e. The van der Waals surface area contributed by atoms with Crippen molar-refractivity contribution in [2.45, 2.75) is 20.4 Å². The average Bonchev–Trinajstić information content (AvgIpc) is 2.73. The fourth-order valence-electron chi connectivity index (χ4n) is 1.69. The number of hydrogen-bond donors (Lipinski definition) is 2. The smallest absolute Gasteiger partial charge is 0.103 e. The molecule has 2 rings (SSSR count). The number of anilines is 1. The Morgan fingerprint density at radius 2 is 2.22 bits per heavy atom. The molecule has 1 aromatic heterocycles. The number of benzene rings is 1. The number of nitrogens with zero attached hydrogens (tertiary/aromatic N) is 1. The van der Waals surface area contributed by atoms with E-state index < -0.39 is 0 Å². The van der Waals surface area contributed by atoms with E-state index in [4.69, 9.17) is 18.0 Å². The number of aryl methyl sites for hydroxylation is 2. The van der Waals surface area contributed by atoms with Crippen LogP contribution in [0.2, 0.25) is 0 Å². The predicted molar refractivity (Wildman–Crippen MR) is 81.2 cm³/mol. The molecule has 0 saturated heterocycles. The highest BCUT2D eigenvalue weighted by molar-refractivity contribution is 7.80. The molecule has 0 unspecified atom stereocenters. The summed E-state index contributed by atoms with van der Waals surface area (Å²) in [4.78, 5) is 4.85. The van der Waals surface area contributed by atoms with Crippen LogP contribution in [-0.4, -0.2) is 9.97 Å². The molecule has 94 valence electrons. The first-order valence-electron chi connectivity index (χ1n) is 5.61. The van der Waals surface area contributed by atoms with Crippen LogP contribution < -0.4 is 11.1 Å². The van der Waals surface area contributed by atoms with Gasteiger partial charge in [-0.3, -0.25) is 0 Å². The van der Waals surface area contributed by atoms with Crippen LogP contribution in [0.5, 0.6) is 0 Å². The Kier molecular flexibility index (Phi) is 3.93. The average molecular weight is 277 g/mol. The van der Waals surface area contributed by atoms with Crippen molar-refractivity contribution in [1.82, 2.24) is 4.98 Å². The number of hydrogen-bond acceptors (Lipinski definition) is 4. The molecule has 0 aliphatic heterocycles. The van der Waals surface area contributed by atoms with Gasteiger partial charge in [0.25, 0.3) is 0 Å². The molecule has 0 fully saturated rings. The summed E-state index contributed by atoms with van der Waals surface area (Å²) in [6, 6.07) is 5.93. The molecule has 3 nitrogen and oxygen atoms in total. The van der Waals surface area contributed by atoms with Crippen molar-refractivity contribution in [1.29, 1.82) is 0 Å². The number of thiazole rings is 1. The SMILES string of the molecule is Cc1nc(CNc2ccc(C(N)=S)cc2C)cs1. The lowest BCUT2D eigenvalue weighted by Crippen LogP contribution is -2.10. The normalized spacial score (nSPS) is 10.3. The van der Waals surface area contributed by atoms with Gasteiger partial charge in [-0.25, -0.2) is 4.98 Å². The van der Waals surface area contributed by atoms with Crippen molar-refractivity contribution >= 4 is 34.2 Å². The van der Waals surface area contributed by atoms with Crippen LogP contribution in [0.15, 0.2) is 23.6 Å². The maximum absolute atomic E-state index is 5.60. The summed E-state index contributed by atoms with van der Waals surface area (Å²) in [5.41, 5.74) is 9.78. The van der Waals surface area contributed by atoms with Gasteiger partial charge in [-0.2, -0.15) is 0 Å². The van der Waals surface area contributed by atoms with E-state index in [1.165, 1.54) is 0 Å². The Labute approximate surface area is 116 Å². The lowest BCUT2D eigenvalue weighted by molar-refractivity contribution is 1.05. The molecule has 0 radical (unpaired) electrons. The van der Waals surface area contributed by atoms with Crippen molar-refractivity contribution in [2.24, 2.45) is 5.73 Å². The maximum Gasteiger partial charge on any atom is 0.103 e. The van der Waals surface area contributed by atoms with Crippen LogP contribution in [0, 0.1) is 13.8 Å². The van der Waals surface area contributed by atoms with Gasteiger partial charge in [-0.15, -0.1) is 11.3 Å². The Morgan fingerprint density at radius 1 is 1.44 bits per heavy atom. The minimum Gasteiger partial charge on any atom is -0.389 e. The highest BCUT2D eigenvalue weighted by Crippen LogP contribution is 2.18. The third kappa shape index (κ3) is 3.05. The third-order valence-corrected chi connectivity index (χ3v) is 3.70. The van der Waals surface area contributed by atoms with Crippen LogP contribution in [0.4, 0.5) is 5.69 Å². The van der Waals surface area contributed by atoms with Crippen LogP contribution in [0.3, 0.4) is 0 Å². The Bertz CT molecular complexity index is 575. The van der Waals surface area contributed by atoms with Gasteiger partial charge in [0.2, 0.25) is 0 Å². The molecule has 3 N–H and O–H groups in total. The van der Waals surface area contributed by atoms with Gasteiger partial charge >= 0.3 is 0 Å². The first-order chi connectivity index (χ1) is 8.56. The molecular formula is C13H15N3S2. The molecule has 0 aliphatic carbocycles. The van der Waals surface area contributed by atoms with Crippen LogP contribution in [0.1, 0.15) is 21.8 Å². The van der Waals surface area contributed by atoms with Crippen molar-refractivity contribution in [3.63, 3.8) is 0 Å². The molecular weight excluding hydrogens is 262 g/mol. The summed E-state index contributed by atoms with van der Waals surface area (Å²) in [6.07, 6.45) is 0.